The Labute approximate surface area is 130 Å². The Morgan fingerprint density at radius 1 is 1.45 bits per heavy atom. The van der Waals surface area contributed by atoms with E-state index in [1.807, 2.05) is 30.3 Å². The molecule has 0 saturated carbocycles. The molecule has 2 rings (SSSR count). The van der Waals surface area contributed by atoms with Crippen molar-refractivity contribution in [3.63, 3.8) is 0 Å². The summed E-state index contributed by atoms with van der Waals surface area (Å²) in [6.07, 6.45) is -0.518. The molecular formula is C16H23N3O3. The van der Waals surface area contributed by atoms with Gasteiger partial charge < -0.3 is 20.6 Å². The lowest BCUT2D eigenvalue weighted by Gasteiger charge is -2.36. The third-order valence-electron chi connectivity index (χ3n) is 3.89. The molecule has 1 aromatic rings. The molecule has 1 aliphatic heterocycles. The van der Waals surface area contributed by atoms with Gasteiger partial charge in [-0.05, 0) is 12.0 Å². The first-order valence-corrected chi connectivity index (χ1v) is 7.46. The molecule has 2 amide bonds. The number of carbonyl (C=O) groups is 2. The van der Waals surface area contributed by atoms with E-state index in [-0.39, 0.29) is 11.8 Å². The number of hydrogen-bond acceptors (Lipinski definition) is 4. The lowest BCUT2D eigenvalue weighted by atomic mass is 9.94. The molecule has 0 aliphatic carbocycles. The second-order valence-electron chi connectivity index (χ2n) is 5.68. The third kappa shape index (κ3) is 4.05. The molecule has 0 aromatic heterocycles. The average molecular weight is 305 g/mol. The maximum Gasteiger partial charge on any atom is 0.242 e. The normalized spacial score (nSPS) is 21.3. The molecule has 22 heavy (non-hydrogen) atoms. The molecule has 3 N–H and O–H groups in total. The first kappa shape index (κ1) is 16.5. The number of nitrogens with zero attached hydrogens (tertiary/aromatic N) is 1. The van der Waals surface area contributed by atoms with E-state index in [9.17, 15) is 14.7 Å². The van der Waals surface area contributed by atoms with Crippen molar-refractivity contribution in [3.8, 4) is 0 Å². The summed E-state index contributed by atoms with van der Waals surface area (Å²) in [5.41, 5.74) is 0.997. The van der Waals surface area contributed by atoms with E-state index in [1.165, 1.54) is 6.92 Å². The SMILES string of the molecule is CC(=O)N[C@@H](Cc1ccccc1)C(O)C1NCCN(C)C1=O. The summed E-state index contributed by atoms with van der Waals surface area (Å²) in [6.45, 7) is 2.65. The van der Waals surface area contributed by atoms with Gasteiger partial charge in [0.1, 0.15) is 6.04 Å². The van der Waals surface area contributed by atoms with Crippen LogP contribution in [-0.2, 0) is 16.0 Å². The van der Waals surface area contributed by atoms with Crippen LogP contribution in [0.1, 0.15) is 12.5 Å². The number of aliphatic hydroxyl groups is 1. The van der Waals surface area contributed by atoms with E-state index in [2.05, 4.69) is 10.6 Å². The van der Waals surface area contributed by atoms with E-state index in [1.54, 1.807) is 11.9 Å². The van der Waals surface area contributed by atoms with Gasteiger partial charge in [0, 0.05) is 27.1 Å². The van der Waals surface area contributed by atoms with Crippen molar-refractivity contribution < 1.29 is 14.7 Å². The van der Waals surface area contributed by atoms with Gasteiger partial charge in [-0.2, -0.15) is 0 Å². The molecule has 120 valence electrons. The fraction of sp³-hybridized carbons (Fsp3) is 0.500. The van der Waals surface area contributed by atoms with Gasteiger partial charge in [-0.3, -0.25) is 9.59 Å². The summed E-state index contributed by atoms with van der Waals surface area (Å²) < 4.78 is 0. The Morgan fingerprint density at radius 2 is 2.14 bits per heavy atom. The predicted molar refractivity (Wildman–Crippen MR) is 83.2 cm³/mol. The van der Waals surface area contributed by atoms with Crippen molar-refractivity contribution in [2.45, 2.75) is 31.5 Å². The fourth-order valence-corrected chi connectivity index (χ4v) is 2.71. The topological polar surface area (TPSA) is 81.7 Å². The van der Waals surface area contributed by atoms with Crippen molar-refractivity contribution >= 4 is 11.8 Å². The monoisotopic (exact) mass is 305 g/mol. The van der Waals surface area contributed by atoms with Gasteiger partial charge in [0.15, 0.2) is 0 Å². The van der Waals surface area contributed by atoms with Gasteiger partial charge >= 0.3 is 0 Å². The number of hydrogen-bond donors (Lipinski definition) is 3. The predicted octanol–water partition coefficient (Wildman–Crippen LogP) is -0.475. The van der Waals surface area contributed by atoms with Crippen LogP contribution in [0.3, 0.4) is 0 Å². The molecule has 0 bridgehead atoms. The minimum Gasteiger partial charge on any atom is -0.389 e. The number of piperazine rings is 1. The Hall–Kier alpha value is -1.92. The van der Waals surface area contributed by atoms with Crippen LogP contribution in [0, 0.1) is 0 Å². The van der Waals surface area contributed by atoms with Crippen LogP contribution >= 0.6 is 0 Å². The van der Waals surface area contributed by atoms with Crippen LogP contribution in [-0.4, -0.2) is 60.1 Å². The number of benzene rings is 1. The first-order chi connectivity index (χ1) is 10.5. The number of likely N-dealkylation sites (N-methyl/N-ethyl adjacent to an activating group) is 1. The van der Waals surface area contributed by atoms with Crippen molar-refractivity contribution in [1.82, 2.24) is 15.5 Å². The van der Waals surface area contributed by atoms with E-state index >= 15 is 0 Å². The van der Waals surface area contributed by atoms with Crippen molar-refractivity contribution in [2.75, 3.05) is 20.1 Å². The van der Waals surface area contributed by atoms with E-state index < -0.39 is 18.2 Å². The molecule has 1 fully saturated rings. The molecular weight excluding hydrogens is 282 g/mol. The lowest BCUT2D eigenvalue weighted by molar-refractivity contribution is -0.138. The van der Waals surface area contributed by atoms with E-state index in [4.69, 9.17) is 0 Å². The summed E-state index contributed by atoms with van der Waals surface area (Å²) in [7, 11) is 1.72. The molecule has 2 unspecified atom stereocenters. The molecule has 6 nitrogen and oxygen atoms in total. The molecule has 1 heterocycles. The average Bonchev–Trinajstić information content (AvgIpc) is 2.49. The van der Waals surface area contributed by atoms with Crippen LogP contribution in [0.4, 0.5) is 0 Å². The summed E-state index contributed by atoms with van der Waals surface area (Å²) in [5, 5.41) is 16.4. The van der Waals surface area contributed by atoms with Crippen molar-refractivity contribution in [1.29, 1.82) is 0 Å². The molecule has 6 heteroatoms. The molecule has 3 atom stereocenters. The van der Waals surface area contributed by atoms with E-state index in [0.717, 1.165) is 5.56 Å². The zero-order valence-electron chi connectivity index (χ0n) is 13.0. The quantitative estimate of drug-likeness (QED) is 0.687. The van der Waals surface area contributed by atoms with E-state index in [0.29, 0.717) is 19.5 Å². The Bertz CT molecular complexity index is 521. The largest absolute Gasteiger partial charge is 0.389 e. The van der Waals surface area contributed by atoms with Crippen LogP contribution in [0.5, 0.6) is 0 Å². The summed E-state index contributed by atoms with van der Waals surface area (Å²) in [4.78, 5) is 25.2. The summed E-state index contributed by atoms with van der Waals surface area (Å²) in [6, 6.07) is 8.38. The molecule has 0 spiro atoms. The Morgan fingerprint density at radius 3 is 2.77 bits per heavy atom. The highest BCUT2D eigenvalue weighted by Crippen LogP contribution is 2.12. The van der Waals surface area contributed by atoms with Crippen molar-refractivity contribution in [3.05, 3.63) is 35.9 Å². The number of nitrogens with one attached hydrogen (secondary N) is 2. The zero-order chi connectivity index (χ0) is 16.1. The maximum absolute atomic E-state index is 12.2. The highest BCUT2D eigenvalue weighted by Gasteiger charge is 2.36. The van der Waals surface area contributed by atoms with Crippen LogP contribution in [0.2, 0.25) is 0 Å². The highest BCUT2D eigenvalue weighted by atomic mass is 16.3. The molecule has 1 aromatic carbocycles. The second kappa shape index (κ2) is 7.38. The summed E-state index contributed by atoms with van der Waals surface area (Å²) >= 11 is 0. The van der Waals surface area contributed by atoms with Gasteiger partial charge in [-0.15, -0.1) is 0 Å². The minimum absolute atomic E-state index is 0.151. The van der Waals surface area contributed by atoms with Gasteiger partial charge in [0.25, 0.3) is 0 Å². The van der Waals surface area contributed by atoms with Crippen molar-refractivity contribution in [2.24, 2.45) is 0 Å². The highest BCUT2D eigenvalue weighted by molar-refractivity contribution is 5.83. The van der Waals surface area contributed by atoms with Crippen LogP contribution < -0.4 is 10.6 Å². The Kier molecular flexibility index (Phi) is 5.51. The van der Waals surface area contributed by atoms with Gasteiger partial charge in [0.05, 0.1) is 12.1 Å². The van der Waals surface area contributed by atoms with Gasteiger partial charge in [-0.25, -0.2) is 0 Å². The molecule has 1 saturated heterocycles. The zero-order valence-corrected chi connectivity index (χ0v) is 13.0. The Balaban J connectivity index is 2.13. The van der Waals surface area contributed by atoms with Crippen LogP contribution in [0.15, 0.2) is 30.3 Å². The number of aliphatic hydroxyl groups excluding tert-OH is 1. The first-order valence-electron chi connectivity index (χ1n) is 7.46. The summed E-state index contributed by atoms with van der Waals surface area (Å²) in [5.74, 6) is -0.376. The fourth-order valence-electron chi connectivity index (χ4n) is 2.71. The number of carbonyl (C=O) groups excluding carboxylic acids is 2. The maximum atomic E-state index is 12.2. The minimum atomic E-state index is -0.987. The standard InChI is InChI=1S/C16H23N3O3/c1-11(20)18-13(10-12-6-4-3-5-7-12)15(21)14-16(22)19(2)9-8-17-14/h3-7,13-15,17,21H,8-10H2,1-2H3,(H,18,20)/t13-,14?,15?/m0/s1. The van der Waals surface area contributed by atoms with Crippen LogP contribution in [0.25, 0.3) is 0 Å². The lowest BCUT2D eigenvalue weighted by Crippen LogP contribution is -2.63. The molecule has 1 aliphatic rings. The number of rotatable bonds is 5. The van der Waals surface area contributed by atoms with Gasteiger partial charge in [0.2, 0.25) is 11.8 Å². The van der Waals surface area contributed by atoms with Gasteiger partial charge in [-0.1, -0.05) is 30.3 Å². The molecule has 0 radical (unpaired) electrons. The second-order valence-corrected chi connectivity index (χ2v) is 5.68. The smallest absolute Gasteiger partial charge is 0.242 e. The third-order valence-corrected chi connectivity index (χ3v) is 3.89. The number of amides is 2.